The van der Waals surface area contributed by atoms with Crippen LogP contribution in [-0.4, -0.2) is 17.5 Å². The fraction of sp³-hybridized carbons (Fsp3) is 0.111. The Bertz CT molecular complexity index is 402. The second-order valence-electron chi connectivity index (χ2n) is 2.85. The lowest BCUT2D eigenvalue weighted by atomic mass is 10.1. The molecule has 1 aliphatic heterocycles. The van der Waals surface area contributed by atoms with Gasteiger partial charge >= 0.3 is 6.09 Å². The first-order chi connectivity index (χ1) is 6.70. The Morgan fingerprint density at radius 3 is 3.00 bits per heavy atom. The monoisotopic (exact) mass is 193 g/mol. The molecule has 0 saturated carbocycles. The summed E-state index contributed by atoms with van der Waals surface area (Å²) in [7, 11) is 0. The zero-order valence-corrected chi connectivity index (χ0v) is 7.06. The minimum atomic E-state index is -1.12. The molecule has 1 atom stereocenters. The summed E-state index contributed by atoms with van der Waals surface area (Å²) in [6.45, 7) is 0. The van der Waals surface area contributed by atoms with Crippen LogP contribution in [0.5, 0.6) is 5.75 Å². The van der Waals surface area contributed by atoms with Crippen molar-refractivity contribution in [3.8, 4) is 5.75 Å². The number of rotatable bonds is 1. The summed E-state index contributed by atoms with van der Waals surface area (Å²) >= 11 is 0. The molecule has 0 aliphatic carbocycles. The maximum Gasteiger partial charge on any atom is 0.414 e. The molecule has 0 saturated heterocycles. The number of benzene rings is 1. The molecule has 1 aromatic carbocycles. The zero-order chi connectivity index (χ0) is 10.1. The summed E-state index contributed by atoms with van der Waals surface area (Å²) in [5.41, 5.74) is 0.803. The van der Waals surface area contributed by atoms with E-state index in [0.29, 0.717) is 17.4 Å². The van der Waals surface area contributed by atoms with E-state index in [1.54, 1.807) is 0 Å². The van der Waals surface area contributed by atoms with Gasteiger partial charge in [0, 0.05) is 11.1 Å². The number of hydrogen-bond donors (Lipinski definition) is 2. The van der Waals surface area contributed by atoms with E-state index in [-0.39, 0.29) is 5.75 Å². The molecule has 2 N–H and O–H groups in total. The molecule has 14 heavy (non-hydrogen) atoms. The SMILES string of the molecule is O=Cc1ccc2c(c1)[C@@H](O)NC(=O)O2. The van der Waals surface area contributed by atoms with Gasteiger partial charge in [-0.1, -0.05) is 0 Å². The average Bonchev–Trinajstić information content (AvgIpc) is 2.17. The Labute approximate surface area is 79.3 Å². The van der Waals surface area contributed by atoms with Gasteiger partial charge in [-0.2, -0.15) is 0 Å². The van der Waals surface area contributed by atoms with Crippen molar-refractivity contribution in [1.29, 1.82) is 0 Å². The van der Waals surface area contributed by atoms with Crippen molar-refractivity contribution >= 4 is 12.4 Å². The largest absolute Gasteiger partial charge is 0.414 e. The van der Waals surface area contributed by atoms with Crippen LogP contribution in [0.1, 0.15) is 22.1 Å². The normalized spacial score (nSPS) is 19.2. The molecule has 1 aliphatic rings. The quantitative estimate of drug-likeness (QED) is 0.640. The Hall–Kier alpha value is -1.88. The van der Waals surface area contributed by atoms with Crippen LogP contribution in [0.3, 0.4) is 0 Å². The van der Waals surface area contributed by atoms with E-state index in [1.807, 2.05) is 0 Å². The van der Waals surface area contributed by atoms with Crippen LogP contribution in [-0.2, 0) is 0 Å². The molecule has 0 fully saturated rings. The summed E-state index contributed by atoms with van der Waals surface area (Å²) < 4.78 is 4.78. The first kappa shape index (κ1) is 8.71. The highest BCUT2D eigenvalue weighted by atomic mass is 16.6. The number of ether oxygens (including phenoxy) is 1. The fourth-order valence-corrected chi connectivity index (χ4v) is 1.27. The number of carbonyl (C=O) groups excluding carboxylic acids is 2. The number of amides is 1. The number of hydrogen-bond acceptors (Lipinski definition) is 4. The Morgan fingerprint density at radius 1 is 1.50 bits per heavy atom. The van der Waals surface area contributed by atoms with Gasteiger partial charge in [0.15, 0.2) is 6.23 Å². The van der Waals surface area contributed by atoms with Crippen molar-refractivity contribution in [2.45, 2.75) is 6.23 Å². The van der Waals surface area contributed by atoms with Crippen LogP contribution in [0.2, 0.25) is 0 Å². The predicted octanol–water partition coefficient (Wildman–Crippen LogP) is 0.592. The molecule has 0 aromatic heterocycles. The second-order valence-corrected chi connectivity index (χ2v) is 2.85. The van der Waals surface area contributed by atoms with E-state index in [2.05, 4.69) is 5.32 Å². The Morgan fingerprint density at radius 2 is 2.29 bits per heavy atom. The highest BCUT2D eigenvalue weighted by molar-refractivity contribution is 5.78. The lowest BCUT2D eigenvalue weighted by Gasteiger charge is -2.21. The van der Waals surface area contributed by atoms with E-state index in [1.165, 1.54) is 18.2 Å². The maximum atomic E-state index is 10.8. The molecule has 0 radical (unpaired) electrons. The van der Waals surface area contributed by atoms with E-state index >= 15 is 0 Å². The number of fused-ring (bicyclic) bond motifs is 1. The van der Waals surface area contributed by atoms with Crippen LogP contribution < -0.4 is 10.1 Å². The van der Waals surface area contributed by atoms with E-state index in [4.69, 9.17) is 4.74 Å². The van der Waals surface area contributed by atoms with Crippen molar-refractivity contribution in [1.82, 2.24) is 5.32 Å². The zero-order valence-electron chi connectivity index (χ0n) is 7.06. The van der Waals surface area contributed by atoms with E-state index in [0.717, 1.165) is 0 Å². The second kappa shape index (κ2) is 3.12. The topological polar surface area (TPSA) is 75.6 Å². The third-order valence-electron chi connectivity index (χ3n) is 1.92. The molecule has 1 aromatic rings. The molecule has 72 valence electrons. The Kier molecular flexibility index (Phi) is 1.94. The van der Waals surface area contributed by atoms with Crippen molar-refractivity contribution < 1.29 is 19.4 Å². The Balaban J connectivity index is 2.48. The third-order valence-corrected chi connectivity index (χ3v) is 1.92. The van der Waals surface area contributed by atoms with Gasteiger partial charge in [0.1, 0.15) is 12.0 Å². The number of aliphatic hydroxyl groups is 1. The molecular formula is C9H7NO4. The lowest BCUT2D eigenvalue weighted by Crippen LogP contribution is -2.35. The predicted molar refractivity (Wildman–Crippen MR) is 45.9 cm³/mol. The van der Waals surface area contributed by atoms with Crippen LogP contribution in [0.15, 0.2) is 18.2 Å². The van der Waals surface area contributed by atoms with Crippen molar-refractivity contribution in [2.24, 2.45) is 0 Å². The molecule has 5 heteroatoms. The van der Waals surface area contributed by atoms with Gasteiger partial charge in [-0.05, 0) is 18.2 Å². The number of carbonyl (C=O) groups is 2. The van der Waals surface area contributed by atoms with Gasteiger partial charge in [-0.3, -0.25) is 10.1 Å². The third kappa shape index (κ3) is 1.33. The molecule has 0 unspecified atom stereocenters. The number of aliphatic hydroxyl groups excluding tert-OH is 1. The van der Waals surface area contributed by atoms with Gasteiger partial charge in [-0.25, -0.2) is 4.79 Å². The van der Waals surface area contributed by atoms with E-state index in [9.17, 15) is 14.7 Å². The number of aldehydes is 1. The summed E-state index contributed by atoms with van der Waals surface area (Å²) in [5.74, 6) is 0.270. The van der Waals surface area contributed by atoms with Crippen molar-refractivity contribution in [2.75, 3.05) is 0 Å². The van der Waals surface area contributed by atoms with Gasteiger partial charge in [0.25, 0.3) is 0 Å². The fourth-order valence-electron chi connectivity index (χ4n) is 1.27. The molecular weight excluding hydrogens is 186 g/mol. The minimum absolute atomic E-state index is 0.270. The average molecular weight is 193 g/mol. The highest BCUT2D eigenvalue weighted by Crippen LogP contribution is 2.28. The number of nitrogens with one attached hydrogen (secondary N) is 1. The minimum Gasteiger partial charge on any atom is -0.410 e. The van der Waals surface area contributed by atoms with Crippen molar-refractivity contribution in [3.63, 3.8) is 0 Å². The van der Waals surface area contributed by atoms with Gasteiger partial charge in [0.05, 0.1) is 0 Å². The lowest BCUT2D eigenvalue weighted by molar-refractivity contribution is 0.108. The highest BCUT2D eigenvalue weighted by Gasteiger charge is 2.24. The van der Waals surface area contributed by atoms with Crippen LogP contribution in [0, 0.1) is 0 Å². The molecule has 1 heterocycles. The van der Waals surface area contributed by atoms with Gasteiger partial charge in [0.2, 0.25) is 0 Å². The van der Waals surface area contributed by atoms with Gasteiger partial charge < -0.3 is 9.84 Å². The first-order valence-electron chi connectivity index (χ1n) is 3.96. The van der Waals surface area contributed by atoms with E-state index < -0.39 is 12.3 Å². The van der Waals surface area contributed by atoms with Crippen LogP contribution in [0.25, 0.3) is 0 Å². The summed E-state index contributed by atoms with van der Waals surface area (Å²) in [6.07, 6.45) is -1.17. The molecule has 5 nitrogen and oxygen atoms in total. The summed E-state index contributed by atoms with van der Waals surface area (Å²) in [4.78, 5) is 21.3. The van der Waals surface area contributed by atoms with Crippen LogP contribution in [0.4, 0.5) is 4.79 Å². The molecule has 2 rings (SSSR count). The van der Waals surface area contributed by atoms with Crippen molar-refractivity contribution in [3.05, 3.63) is 29.3 Å². The smallest absolute Gasteiger partial charge is 0.410 e. The molecule has 0 spiro atoms. The molecule has 0 bridgehead atoms. The molecule has 1 amide bonds. The van der Waals surface area contributed by atoms with Crippen LogP contribution >= 0.6 is 0 Å². The maximum absolute atomic E-state index is 10.8. The standard InChI is InChI=1S/C9H7NO4/c11-4-5-1-2-7-6(3-5)8(12)10-9(13)14-7/h1-4,8,12H,(H,10,13)/t8-/m1/s1. The van der Waals surface area contributed by atoms with Gasteiger partial charge in [-0.15, -0.1) is 0 Å². The first-order valence-corrected chi connectivity index (χ1v) is 3.96. The summed E-state index contributed by atoms with van der Waals surface area (Å²) in [5, 5.41) is 11.6. The summed E-state index contributed by atoms with van der Waals surface area (Å²) in [6, 6.07) is 4.45.